The second-order valence-electron chi connectivity index (χ2n) is 9.92. The van der Waals surface area contributed by atoms with Gasteiger partial charge in [0, 0.05) is 17.1 Å². The summed E-state index contributed by atoms with van der Waals surface area (Å²) < 4.78 is 23.5. The summed E-state index contributed by atoms with van der Waals surface area (Å²) in [4.78, 5) is 25.0. The van der Waals surface area contributed by atoms with Crippen LogP contribution in [0.4, 0.5) is 0 Å². The number of carbonyl (C=O) groups is 2. The zero-order valence-corrected chi connectivity index (χ0v) is 16.3. The van der Waals surface area contributed by atoms with Gasteiger partial charge >= 0.3 is 11.9 Å². The van der Waals surface area contributed by atoms with E-state index >= 15 is 0 Å². The van der Waals surface area contributed by atoms with Gasteiger partial charge in [-0.3, -0.25) is 4.79 Å². The van der Waals surface area contributed by atoms with Crippen LogP contribution in [-0.2, 0) is 28.5 Å². The topological polar surface area (TPSA) is 77.7 Å². The van der Waals surface area contributed by atoms with Gasteiger partial charge in [-0.05, 0) is 50.9 Å². The van der Waals surface area contributed by atoms with Gasteiger partial charge in [-0.2, -0.15) is 0 Å². The summed E-state index contributed by atoms with van der Waals surface area (Å²) in [6, 6.07) is 0. The van der Waals surface area contributed by atoms with Gasteiger partial charge in [-0.1, -0.05) is 13.3 Å². The minimum absolute atomic E-state index is 0.0724. The number of esters is 2. The van der Waals surface area contributed by atoms with Gasteiger partial charge in [0.25, 0.3) is 5.79 Å². The SMILES string of the molecule is COC(=O)[C@]1(C)CCC[C@@]2(C)[C@@H]3[C@H]4O[C@]45OC(=O)C(C)=C5[C@H]4O[C@]43CC[C@@H]21. The van der Waals surface area contributed by atoms with Crippen molar-refractivity contribution in [3.8, 4) is 0 Å². The lowest BCUT2D eigenvalue weighted by Gasteiger charge is -2.58. The average molecular weight is 374 g/mol. The van der Waals surface area contributed by atoms with Crippen LogP contribution < -0.4 is 0 Å². The van der Waals surface area contributed by atoms with Crippen LogP contribution >= 0.6 is 0 Å². The number of epoxide rings is 2. The smallest absolute Gasteiger partial charge is 0.336 e. The van der Waals surface area contributed by atoms with E-state index in [2.05, 4.69) is 13.8 Å². The van der Waals surface area contributed by atoms with E-state index in [1.807, 2.05) is 6.92 Å². The Morgan fingerprint density at radius 1 is 1.19 bits per heavy atom. The Kier molecular flexibility index (Phi) is 2.72. The molecule has 3 aliphatic carbocycles. The molecule has 2 saturated heterocycles. The first-order valence-electron chi connectivity index (χ1n) is 10.1. The molecule has 0 aromatic rings. The third-order valence-electron chi connectivity index (χ3n) is 8.93. The van der Waals surface area contributed by atoms with Crippen molar-refractivity contribution in [2.75, 3.05) is 7.11 Å². The van der Waals surface area contributed by atoms with Gasteiger partial charge in [0.1, 0.15) is 17.8 Å². The normalized spacial score (nSPS) is 56.8. The molecule has 3 saturated carbocycles. The molecule has 0 aromatic carbocycles. The van der Waals surface area contributed by atoms with E-state index in [4.69, 9.17) is 18.9 Å². The van der Waals surface area contributed by atoms with E-state index < -0.39 is 11.2 Å². The molecule has 0 amide bonds. The lowest BCUT2D eigenvalue weighted by molar-refractivity contribution is -0.176. The first-order valence-corrected chi connectivity index (χ1v) is 10.1. The lowest BCUT2D eigenvalue weighted by Crippen LogP contribution is -2.61. The molecule has 3 aliphatic heterocycles. The van der Waals surface area contributed by atoms with Crippen molar-refractivity contribution in [3.05, 3.63) is 11.1 Å². The summed E-state index contributed by atoms with van der Waals surface area (Å²) >= 11 is 0. The first kappa shape index (κ1) is 16.5. The van der Waals surface area contributed by atoms with E-state index in [1.165, 1.54) is 7.11 Å². The molecule has 146 valence electrons. The standard InChI is InChI=1S/C21H26O6/c1-10-12-14-20(25-14)9-6-11-18(2,7-5-8-19(11,3)17(23)24-4)13(20)15-21(12,26-15)27-16(10)22/h11,13-15H,5-9H2,1-4H3/t11-,13-,14+,15+,18+,19+,20-,21+/m0/s1. The van der Waals surface area contributed by atoms with Crippen LogP contribution in [0.2, 0.25) is 0 Å². The molecule has 6 aliphatic rings. The summed E-state index contributed by atoms with van der Waals surface area (Å²) in [5, 5.41) is 0. The molecule has 2 spiro atoms. The highest BCUT2D eigenvalue weighted by Gasteiger charge is 2.88. The van der Waals surface area contributed by atoms with E-state index in [-0.39, 0.29) is 47.0 Å². The van der Waals surface area contributed by atoms with Gasteiger partial charge < -0.3 is 18.9 Å². The molecule has 0 bridgehead atoms. The summed E-state index contributed by atoms with van der Waals surface area (Å²) in [6.07, 6.45) is 4.50. The molecule has 6 rings (SSSR count). The van der Waals surface area contributed by atoms with Gasteiger partial charge in [-0.25, -0.2) is 4.79 Å². The molecule has 27 heavy (non-hydrogen) atoms. The molecule has 0 unspecified atom stereocenters. The third kappa shape index (κ3) is 1.57. The summed E-state index contributed by atoms with van der Waals surface area (Å²) in [5.74, 6) is -0.909. The second kappa shape index (κ2) is 4.43. The van der Waals surface area contributed by atoms with Crippen molar-refractivity contribution in [1.29, 1.82) is 0 Å². The number of methoxy groups -OCH3 is 1. The highest BCUT2D eigenvalue weighted by Crippen LogP contribution is 2.78. The van der Waals surface area contributed by atoms with Crippen molar-refractivity contribution in [2.24, 2.45) is 22.7 Å². The van der Waals surface area contributed by atoms with Crippen molar-refractivity contribution >= 4 is 11.9 Å². The number of rotatable bonds is 1. The predicted octanol–water partition coefficient (Wildman–Crippen LogP) is 2.50. The molecule has 5 fully saturated rings. The fourth-order valence-corrected chi connectivity index (χ4v) is 7.77. The van der Waals surface area contributed by atoms with Crippen LogP contribution in [0, 0.1) is 22.7 Å². The molecule has 0 N–H and O–H groups in total. The van der Waals surface area contributed by atoms with Crippen molar-refractivity contribution in [3.63, 3.8) is 0 Å². The fourth-order valence-electron chi connectivity index (χ4n) is 7.77. The Hall–Kier alpha value is -1.40. The van der Waals surface area contributed by atoms with Crippen molar-refractivity contribution in [1.82, 2.24) is 0 Å². The monoisotopic (exact) mass is 374 g/mol. The minimum Gasteiger partial charge on any atom is -0.469 e. The summed E-state index contributed by atoms with van der Waals surface area (Å²) in [7, 11) is 1.49. The lowest BCUT2D eigenvalue weighted by atomic mass is 9.43. The Bertz CT molecular complexity index is 833. The maximum atomic E-state index is 12.7. The molecule has 6 nitrogen and oxygen atoms in total. The predicted molar refractivity (Wildman–Crippen MR) is 92.3 cm³/mol. The third-order valence-corrected chi connectivity index (χ3v) is 8.93. The Balaban J connectivity index is 1.46. The van der Waals surface area contributed by atoms with Gasteiger partial charge in [-0.15, -0.1) is 0 Å². The van der Waals surface area contributed by atoms with Gasteiger partial charge in [0.05, 0.1) is 12.5 Å². The van der Waals surface area contributed by atoms with Gasteiger partial charge in [0.15, 0.2) is 0 Å². The molecule has 3 heterocycles. The maximum Gasteiger partial charge on any atom is 0.336 e. The maximum absolute atomic E-state index is 12.7. The molecule has 6 heteroatoms. The second-order valence-corrected chi connectivity index (χ2v) is 9.92. The zero-order valence-electron chi connectivity index (χ0n) is 16.3. The van der Waals surface area contributed by atoms with Crippen LogP contribution in [-0.4, -0.2) is 42.6 Å². The average Bonchev–Trinajstić information content (AvgIpc) is 3.49. The van der Waals surface area contributed by atoms with Crippen LogP contribution in [0.3, 0.4) is 0 Å². The van der Waals surface area contributed by atoms with Gasteiger partial charge in [0.2, 0.25) is 0 Å². The fraction of sp³-hybridized carbons (Fsp3) is 0.810. The Morgan fingerprint density at radius 2 is 1.96 bits per heavy atom. The first-order chi connectivity index (χ1) is 12.7. The Labute approximate surface area is 158 Å². The van der Waals surface area contributed by atoms with Crippen LogP contribution in [0.25, 0.3) is 0 Å². The van der Waals surface area contributed by atoms with Crippen molar-refractivity contribution < 1.29 is 28.5 Å². The number of ether oxygens (including phenoxy) is 4. The summed E-state index contributed by atoms with van der Waals surface area (Å²) in [6.45, 7) is 6.20. The van der Waals surface area contributed by atoms with Crippen LogP contribution in [0.1, 0.15) is 52.9 Å². The highest BCUT2D eigenvalue weighted by molar-refractivity contribution is 5.94. The van der Waals surface area contributed by atoms with E-state index in [1.54, 1.807) is 0 Å². The highest BCUT2D eigenvalue weighted by atomic mass is 16.8. The molecule has 0 aromatic heterocycles. The molecule has 0 radical (unpaired) electrons. The minimum atomic E-state index is -0.888. The number of hydrogen-bond donors (Lipinski definition) is 0. The zero-order chi connectivity index (χ0) is 19.0. The number of hydrogen-bond acceptors (Lipinski definition) is 6. The summed E-state index contributed by atoms with van der Waals surface area (Å²) in [5.41, 5.74) is 0.760. The largest absolute Gasteiger partial charge is 0.469 e. The van der Waals surface area contributed by atoms with Crippen LogP contribution in [0.15, 0.2) is 11.1 Å². The number of carbonyl (C=O) groups excluding carboxylic acids is 2. The quantitative estimate of drug-likeness (QED) is 0.518. The van der Waals surface area contributed by atoms with Crippen LogP contribution in [0.5, 0.6) is 0 Å². The van der Waals surface area contributed by atoms with E-state index in [0.717, 1.165) is 37.7 Å². The molecular weight excluding hydrogens is 348 g/mol. The van der Waals surface area contributed by atoms with E-state index in [9.17, 15) is 9.59 Å². The molecular formula is C21H26O6. The van der Waals surface area contributed by atoms with Crippen molar-refractivity contribution in [2.45, 2.75) is 76.5 Å². The number of fused-ring (bicyclic) bond motifs is 4. The molecule has 8 atom stereocenters. The Morgan fingerprint density at radius 3 is 2.70 bits per heavy atom. The van der Waals surface area contributed by atoms with E-state index in [0.29, 0.717) is 5.57 Å².